The Balaban J connectivity index is 1.51. The summed E-state index contributed by atoms with van der Waals surface area (Å²) in [5.74, 6) is 0. The molecule has 0 aromatic heterocycles. The van der Waals surface area contributed by atoms with E-state index in [1.54, 1.807) is 0 Å². The number of rotatable bonds is 42. The highest BCUT2D eigenvalue weighted by atomic mass is 35.6. The average molecular weight is 884 g/mol. The number of benzene rings is 3. The molecule has 0 saturated carbocycles. The number of halogens is 1. The van der Waals surface area contributed by atoms with Gasteiger partial charge in [0, 0.05) is 0 Å². The van der Waals surface area contributed by atoms with E-state index in [-0.39, 0.29) is 0 Å². The normalized spacial score (nSPS) is 11.8. The summed E-state index contributed by atoms with van der Waals surface area (Å²) >= 11 is 8.10. The average Bonchev–Trinajstić information content (AvgIpc) is 3.30. The third-order valence-corrected chi connectivity index (χ3v) is 19.4. The van der Waals surface area contributed by atoms with E-state index < -0.39 is 7.38 Å². The van der Waals surface area contributed by atoms with Gasteiger partial charge in [0.2, 0.25) is 7.38 Å². The quantitative estimate of drug-likeness (QED) is 0.0230. The van der Waals surface area contributed by atoms with Gasteiger partial charge in [-0.05, 0) is 70.8 Å². The largest absolute Gasteiger partial charge is 0.247 e. The third-order valence-electron chi connectivity index (χ3n) is 14.0. The summed E-state index contributed by atoms with van der Waals surface area (Å²) in [5.41, 5.74) is 4.39. The predicted octanol–water partition coefficient (Wildman–Crippen LogP) is 18.6. The molecular formula is C60H99ClSi. The lowest BCUT2D eigenvalue weighted by Crippen LogP contribution is -2.62. The van der Waals surface area contributed by atoms with E-state index in [2.05, 4.69) is 93.6 Å². The summed E-state index contributed by atoms with van der Waals surface area (Å²) in [6.45, 7) is 6.92. The second kappa shape index (κ2) is 37.4. The van der Waals surface area contributed by atoms with Crippen LogP contribution in [0, 0.1) is 0 Å². The first kappa shape index (κ1) is 54.5. The molecule has 3 aromatic rings. The zero-order valence-electron chi connectivity index (χ0n) is 41.4. The Bertz CT molecular complexity index is 1240. The van der Waals surface area contributed by atoms with E-state index >= 15 is 0 Å². The van der Waals surface area contributed by atoms with Gasteiger partial charge in [0.25, 0.3) is 0 Å². The SMILES string of the molecule is CCCCCCCCCCCCCCc1ccc([Si](Cl)(c2ccc(CCCCCCCCCCCCCC)cc2)c2ccc(CCCCCCCCCCCCCC)cc2)cc1. The summed E-state index contributed by atoms with van der Waals surface area (Å²) in [7, 11) is -2.68. The molecular weight excluding hydrogens is 784 g/mol. The highest BCUT2D eigenvalue weighted by Crippen LogP contribution is 2.19. The van der Waals surface area contributed by atoms with Crippen molar-refractivity contribution >= 4 is 34.0 Å². The van der Waals surface area contributed by atoms with E-state index in [4.69, 9.17) is 11.1 Å². The van der Waals surface area contributed by atoms with Gasteiger partial charge >= 0.3 is 0 Å². The molecule has 2 heteroatoms. The zero-order valence-corrected chi connectivity index (χ0v) is 43.1. The van der Waals surface area contributed by atoms with Gasteiger partial charge in [-0.2, -0.15) is 0 Å². The van der Waals surface area contributed by atoms with Crippen molar-refractivity contribution in [3.05, 3.63) is 89.5 Å². The van der Waals surface area contributed by atoms with Gasteiger partial charge in [-0.15, -0.1) is 11.1 Å². The molecule has 0 amide bonds. The Kier molecular flexibility index (Phi) is 32.9. The van der Waals surface area contributed by atoms with Crippen LogP contribution in [0.4, 0.5) is 0 Å². The van der Waals surface area contributed by atoms with Crippen LogP contribution in [0.1, 0.15) is 269 Å². The van der Waals surface area contributed by atoms with Crippen molar-refractivity contribution in [2.45, 2.75) is 271 Å². The van der Waals surface area contributed by atoms with Crippen molar-refractivity contribution in [3.63, 3.8) is 0 Å². The molecule has 0 aliphatic heterocycles. The minimum absolute atomic E-state index is 1.18. The Morgan fingerprint density at radius 1 is 0.242 bits per heavy atom. The number of unbranched alkanes of at least 4 members (excludes halogenated alkanes) is 33. The first-order valence-electron chi connectivity index (χ1n) is 27.6. The van der Waals surface area contributed by atoms with Crippen LogP contribution in [0.5, 0.6) is 0 Å². The highest BCUT2D eigenvalue weighted by Gasteiger charge is 2.38. The minimum Gasteiger partial charge on any atom is -0.149 e. The molecule has 3 rings (SSSR count). The van der Waals surface area contributed by atoms with Crippen LogP contribution in [-0.2, 0) is 19.3 Å². The molecule has 0 bridgehead atoms. The second-order valence-corrected chi connectivity index (χ2v) is 24.4. The monoisotopic (exact) mass is 883 g/mol. The van der Waals surface area contributed by atoms with Crippen molar-refractivity contribution < 1.29 is 0 Å². The molecule has 0 fully saturated rings. The molecule has 3 aromatic carbocycles. The molecule has 0 radical (unpaired) electrons. The van der Waals surface area contributed by atoms with E-state index in [1.807, 2.05) is 0 Å². The lowest BCUT2D eigenvalue weighted by atomic mass is 10.0. The van der Waals surface area contributed by atoms with Crippen LogP contribution in [0.3, 0.4) is 0 Å². The van der Waals surface area contributed by atoms with Crippen molar-refractivity contribution in [2.75, 3.05) is 0 Å². The maximum absolute atomic E-state index is 8.10. The molecule has 0 spiro atoms. The molecule has 0 saturated heterocycles. The smallest absolute Gasteiger partial charge is 0.149 e. The summed E-state index contributed by atoms with van der Waals surface area (Å²) < 4.78 is 0. The Hall–Kier alpha value is -1.83. The van der Waals surface area contributed by atoms with E-state index in [0.717, 1.165) is 0 Å². The van der Waals surface area contributed by atoms with Gasteiger partial charge in [0.15, 0.2) is 0 Å². The van der Waals surface area contributed by atoms with E-state index in [1.165, 1.54) is 283 Å². The maximum Gasteiger partial charge on any atom is 0.247 e. The fourth-order valence-electron chi connectivity index (χ4n) is 9.71. The van der Waals surface area contributed by atoms with Crippen molar-refractivity contribution in [1.29, 1.82) is 0 Å². The molecule has 0 unspecified atom stereocenters. The Morgan fingerprint density at radius 2 is 0.403 bits per heavy atom. The molecule has 0 aliphatic rings. The predicted molar refractivity (Wildman–Crippen MR) is 284 cm³/mol. The lowest BCUT2D eigenvalue weighted by Gasteiger charge is -2.27. The van der Waals surface area contributed by atoms with Crippen LogP contribution < -0.4 is 15.6 Å². The van der Waals surface area contributed by atoms with Gasteiger partial charge in [-0.3, -0.25) is 0 Å². The van der Waals surface area contributed by atoms with Crippen molar-refractivity contribution in [2.24, 2.45) is 0 Å². The molecule has 0 atom stereocenters. The van der Waals surface area contributed by atoms with Gasteiger partial charge in [0.1, 0.15) is 0 Å². The standard InChI is InChI=1S/C60H99ClSi/c1-4-7-10-13-16-19-22-25-28-31-34-37-40-55-43-49-58(50-44-55)62(61,59-51-45-56(46-52-59)41-38-35-32-29-26-23-20-17-14-11-8-5-2)60-53-47-57(48-54-60)42-39-36-33-30-27-24-21-18-15-12-9-6-3/h43-54H,4-42H2,1-3H3. The fourth-order valence-corrected chi connectivity index (χ4v) is 13.7. The van der Waals surface area contributed by atoms with Crippen LogP contribution >= 0.6 is 11.1 Å². The molecule has 0 nitrogen and oxygen atoms in total. The number of aryl methyl sites for hydroxylation is 3. The van der Waals surface area contributed by atoms with Crippen LogP contribution in [-0.4, -0.2) is 7.38 Å². The Morgan fingerprint density at radius 3 is 0.581 bits per heavy atom. The molecule has 62 heavy (non-hydrogen) atoms. The van der Waals surface area contributed by atoms with E-state index in [0.29, 0.717) is 0 Å². The molecule has 0 heterocycles. The molecule has 0 aliphatic carbocycles. The van der Waals surface area contributed by atoms with Gasteiger partial charge < -0.3 is 0 Å². The summed E-state index contributed by atoms with van der Waals surface area (Å²) in [4.78, 5) is 0. The summed E-state index contributed by atoms with van der Waals surface area (Å²) in [6.07, 6.45) is 54.0. The van der Waals surface area contributed by atoms with Gasteiger partial charge in [-0.1, -0.05) is 305 Å². The van der Waals surface area contributed by atoms with Crippen molar-refractivity contribution in [3.8, 4) is 0 Å². The first-order chi connectivity index (χ1) is 30.6. The first-order valence-corrected chi connectivity index (χ1v) is 30.6. The number of hydrogen-bond acceptors (Lipinski definition) is 0. The highest BCUT2D eigenvalue weighted by molar-refractivity contribution is 7.40. The number of hydrogen-bond donors (Lipinski definition) is 0. The van der Waals surface area contributed by atoms with Crippen LogP contribution in [0.15, 0.2) is 72.8 Å². The molecule has 350 valence electrons. The van der Waals surface area contributed by atoms with E-state index in [9.17, 15) is 0 Å². The minimum atomic E-state index is -2.68. The maximum atomic E-state index is 8.10. The third kappa shape index (κ3) is 24.5. The van der Waals surface area contributed by atoms with Crippen LogP contribution in [0.25, 0.3) is 0 Å². The Labute approximate surface area is 392 Å². The topological polar surface area (TPSA) is 0 Å². The summed E-state index contributed by atoms with van der Waals surface area (Å²) in [6, 6.07) is 28.7. The second-order valence-electron chi connectivity index (χ2n) is 19.7. The summed E-state index contributed by atoms with van der Waals surface area (Å²) in [5, 5.41) is 3.96. The van der Waals surface area contributed by atoms with Crippen LogP contribution in [0.2, 0.25) is 0 Å². The lowest BCUT2D eigenvalue weighted by molar-refractivity contribution is 0.544. The fraction of sp³-hybridized carbons (Fsp3) is 0.700. The van der Waals surface area contributed by atoms with Gasteiger partial charge in [0.05, 0.1) is 0 Å². The van der Waals surface area contributed by atoms with Crippen molar-refractivity contribution in [1.82, 2.24) is 0 Å². The molecule has 0 N–H and O–H groups in total. The van der Waals surface area contributed by atoms with Gasteiger partial charge in [-0.25, -0.2) is 0 Å². The zero-order chi connectivity index (χ0) is 44.0.